The zero-order chi connectivity index (χ0) is 12.3. The van der Waals surface area contributed by atoms with Gasteiger partial charge >= 0.3 is 5.97 Å². The Morgan fingerprint density at radius 3 is 2.76 bits per heavy atom. The number of hydrogen-bond acceptors (Lipinski definition) is 7. The summed E-state index contributed by atoms with van der Waals surface area (Å²) < 4.78 is 9.54. The second-order valence-corrected chi connectivity index (χ2v) is 4.03. The molecule has 1 aliphatic heterocycles. The van der Waals surface area contributed by atoms with Gasteiger partial charge in [0.2, 0.25) is 5.89 Å². The molecular formula is C10H16N4O3. The molecule has 2 heterocycles. The van der Waals surface area contributed by atoms with Gasteiger partial charge in [-0.1, -0.05) is 0 Å². The topological polar surface area (TPSA) is 71.7 Å². The van der Waals surface area contributed by atoms with Gasteiger partial charge in [-0.05, 0) is 12.2 Å². The fourth-order valence-corrected chi connectivity index (χ4v) is 1.65. The smallest absolute Gasteiger partial charge is 0.315 e. The maximum absolute atomic E-state index is 11.0. The van der Waals surface area contributed by atoms with Gasteiger partial charge in [0, 0.05) is 26.2 Å². The molecule has 1 aliphatic rings. The highest BCUT2D eigenvalue weighted by molar-refractivity contribution is 5.71. The number of ether oxygens (including phenoxy) is 1. The van der Waals surface area contributed by atoms with Crippen LogP contribution in [0, 0.1) is 0 Å². The second-order valence-electron chi connectivity index (χ2n) is 4.03. The Morgan fingerprint density at radius 1 is 1.41 bits per heavy atom. The number of nitrogens with zero attached hydrogens (tertiary/aromatic N) is 4. The van der Waals surface area contributed by atoms with Gasteiger partial charge in [-0.25, -0.2) is 0 Å². The lowest BCUT2D eigenvalue weighted by Gasteiger charge is -2.31. The predicted octanol–water partition coefficient (Wildman–Crippen LogP) is -0.463. The summed E-state index contributed by atoms with van der Waals surface area (Å²) in [7, 11) is 3.41. The molecule has 1 aromatic heterocycles. The van der Waals surface area contributed by atoms with E-state index in [1.54, 1.807) is 0 Å². The minimum atomic E-state index is -0.376. The minimum absolute atomic E-state index is 0.0250. The second kappa shape index (κ2) is 5.13. The third-order valence-electron chi connectivity index (χ3n) is 2.77. The maximum Gasteiger partial charge on any atom is 0.315 e. The van der Waals surface area contributed by atoms with E-state index in [2.05, 4.69) is 26.8 Å². The number of rotatable bonds is 3. The molecule has 0 saturated carbocycles. The van der Waals surface area contributed by atoms with Crippen molar-refractivity contribution < 1.29 is 14.1 Å². The van der Waals surface area contributed by atoms with E-state index in [9.17, 15) is 4.79 Å². The normalized spacial score (nSPS) is 17.2. The molecular weight excluding hydrogens is 224 g/mol. The Hall–Kier alpha value is -1.63. The van der Waals surface area contributed by atoms with Gasteiger partial charge in [-0.15, -0.1) is 0 Å². The van der Waals surface area contributed by atoms with Crippen molar-refractivity contribution in [3.8, 4) is 0 Å². The molecule has 1 fully saturated rings. The molecule has 1 saturated heterocycles. The lowest BCUT2D eigenvalue weighted by atomic mass is 10.3. The molecule has 1 aromatic rings. The molecule has 0 aromatic carbocycles. The van der Waals surface area contributed by atoms with Gasteiger partial charge in [0.1, 0.15) is 6.42 Å². The van der Waals surface area contributed by atoms with E-state index >= 15 is 0 Å². The highest BCUT2D eigenvalue weighted by Gasteiger charge is 2.19. The lowest BCUT2D eigenvalue weighted by Crippen LogP contribution is -2.44. The van der Waals surface area contributed by atoms with E-state index in [-0.39, 0.29) is 12.4 Å². The van der Waals surface area contributed by atoms with Crippen molar-refractivity contribution in [1.29, 1.82) is 0 Å². The quantitative estimate of drug-likeness (QED) is 0.662. The third-order valence-corrected chi connectivity index (χ3v) is 2.77. The monoisotopic (exact) mass is 240 g/mol. The molecule has 7 nitrogen and oxygen atoms in total. The lowest BCUT2D eigenvalue weighted by molar-refractivity contribution is -0.140. The van der Waals surface area contributed by atoms with Crippen LogP contribution in [0.5, 0.6) is 0 Å². The van der Waals surface area contributed by atoms with E-state index in [1.165, 1.54) is 7.11 Å². The first kappa shape index (κ1) is 11.8. The fourth-order valence-electron chi connectivity index (χ4n) is 1.65. The van der Waals surface area contributed by atoms with Crippen molar-refractivity contribution in [1.82, 2.24) is 15.0 Å². The summed E-state index contributed by atoms with van der Waals surface area (Å²) in [5, 5.41) is 3.87. The summed E-state index contributed by atoms with van der Waals surface area (Å²) in [6.45, 7) is 3.68. The van der Waals surface area contributed by atoms with Crippen LogP contribution < -0.4 is 4.90 Å². The Bertz CT molecular complexity index is 385. The number of hydrogen-bond donors (Lipinski definition) is 0. The van der Waals surface area contributed by atoms with E-state index in [1.807, 2.05) is 4.90 Å². The summed E-state index contributed by atoms with van der Waals surface area (Å²) in [5.74, 6) is 0.473. The fraction of sp³-hybridized carbons (Fsp3) is 0.700. The van der Waals surface area contributed by atoms with Crippen molar-refractivity contribution in [3.05, 3.63) is 5.89 Å². The van der Waals surface area contributed by atoms with Crippen LogP contribution in [0.15, 0.2) is 4.52 Å². The van der Waals surface area contributed by atoms with Crippen molar-refractivity contribution in [3.63, 3.8) is 0 Å². The summed E-state index contributed by atoms with van der Waals surface area (Å²) in [6.07, 6.45) is 0.0250. The first-order valence-corrected chi connectivity index (χ1v) is 5.52. The first-order chi connectivity index (χ1) is 8.19. The van der Waals surface area contributed by atoms with Crippen LogP contribution in [0.1, 0.15) is 5.89 Å². The SMILES string of the molecule is COC(=O)Cc1nc(N2CCN(C)CC2)no1. The molecule has 2 rings (SSSR count). The van der Waals surface area contributed by atoms with E-state index in [4.69, 9.17) is 4.52 Å². The predicted molar refractivity (Wildman–Crippen MR) is 59.7 cm³/mol. The molecule has 0 radical (unpaired) electrons. The summed E-state index contributed by atoms with van der Waals surface area (Å²) >= 11 is 0. The molecule has 7 heteroatoms. The number of esters is 1. The molecule has 0 unspecified atom stereocenters. The number of anilines is 1. The van der Waals surface area contributed by atoms with Gasteiger partial charge in [0.05, 0.1) is 7.11 Å². The average molecular weight is 240 g/mol. The Labute approximate surface area is 99.3 Å². The highest BCUT2D eigenvalue weighted by Crippen LogP contribution is 2.12. The van der Waals surface area contributed by atoms with Crippen LogP contribution in [0.2, 0.25) is 0 Å². The van der Waals surface area contributed by atoms with Gasteiger partial charge in [-0.2, -0.15) is 4.98 Å². The average Bonchev–Trinajstić information content (AvgIpc) is 2.78. The van der Waals surface area contributed by atoms with Crippen LogP contribution in [-0.4, -0.2) is 61.3 Å². The van der Waals surface area contributed by atoms with Crippen LogP contribution in [-0.2, 0) is 16.0 Å². The van der Waals surface area contributed by atoms with E-state index in [0.717, 1.165) is 26.2 Å². The molecule has 94 valence electrons. The number of carbonyl (C=O) groups excluding carboxylic acids is 1. The molecule has 17 heavy (non-hydrogen) atoms. The molecule has 0 aliphatic carbocycles. The van der Waals surface area contributed by atoms with Crippen LogP contribution >= 0.6 is 0 Å². The number of likely N-dealkylation sites (N-methyl/N-ethyl adjacent to an activating group) is 1. The maximum atomic E-state index is 11.0. The number of methoxy groups -OCH3 is 1. The molecule has 0 atom stereocenters. The molecule has 0 bridgehead atoms. The standard InChI is InChI=1S/C10H16N4O3/c1-13-3-5-14(6-4-13)10-11-8(17-12-10)7-9(15)16-2/h3-7H2,1-2H3. The van der Waals surface area contributed by atoms with Crippen molar-refractivity contribution in [2.75, 3.05) is 45.2 Å². The van der Waals surface area contributed by atoms with Crippen molar-refractivity contribution in [2.45, 2.75) is 6.42 Å². The highest BCUT2D eigenvalue weighted by atomic mass is 16.5. The van der Waals surface area contributed by atoms with E-state index < -0.39 is 0 Å². The van der Waals surface area contributed by atoms with Gasteiger partial charge in [0.15, 0.2) is 0 Å². The first-order valence-electron chi connectivity index (χ1n) is 5.52. The van der Waals surface area contributed by atoms with Crippen LogP contribution in [0.3, 0.4) is 0 Å². The summed E-state index contributed by atoms with van der Waals surface area (Å²) in [6, 6.07) is 0. The van der Waals surface area contributed by atoms with E-state index in [0.29, 0.717) is 11.8 Å². The molecule has 0 amide bonds. The molecule has 0 spiro atoms. The Morgan fingerprint density at radius 2 is 2.12 bits per heavy atom. The third kappa shape index (κ3) is 2.94. The zero-order valence-corrected chi connectivity index (χ0v) is 10.0. The van der Waals surface area contributed by atoms with Gasteiger partial charge in [0.25, 0.3) is 5.95 Å². The number of aromatic nitrogens is 2. The van der Waals surface area contributed by atoms with Crippen LogP contribution in [0.4, 0.5) is 5.95 Å². The van der Waals surface area contributed by atoms with Gasteiger partial charge < -0.3 is 19.1 Å². The summed E-state index contributed by atoms with van der Waals surface area (Å²) in [5.41, 5.74) is 0. The van der Waals surface area contributed by atoms with Crippen LogP contribution in [0.25, 0.3) is 0 Å². The number of carbonyl (C=O) groups is 1. The molecule has 0 N–H and O–H groups in total. The van der Waals surface area contributed by atoms with Crippen molar-refractivity contribution in [2.24, 2.45) is 0 Å². The van der Waals surface area contributed by atoms with Crippen molar-refractivity contribution >= 4 is 11.9 Å². The zero-order valence-electron chi connectivity index (χ0n) is 10.0. The minimum Gasteiger partial charge on any atom is -0.469 e. The Kier molecular flexibility index (Phi) is 3.58. The number of piperazine rings is 1. The largest absolute Gasteiger partial charge is 0.469 e. The summed E-state index contributed by atoms with van der Waals surface area (Å²) in [4.78, 5) is 19.5. The van der Waals surface area contributed by atoms with Gasteiger partial charge in [-0.3, -0.25) is 4.79 Å². The Balaban J connectivity index is 1.96.